The summed E-state index contributed by atoms with van der Waals surface area (Å²) in [6.07, 6.45) is -0.298. The second-order valence-electron chi connectivity index (χ2n) is 8.16. The number of piperazine rings is 1. The predicted molar refractivity (Wildman–Crippen MR) is 111 cm³/mol. The Kier molecular flexibility index (Phi) is 4.82. The van der Waals surface area contributed by atoms with Gasteiger partial charge in [0.15, 0.2) is 11.5 Å². The Morgan fingerprint density at radius 3 is 2.48 bits per heavy atom. The summed E-state index contributed by atoms with van der Waals surface area (Å²) in [4.78, 5) is 28.9. The molecule has 2 amide bonds. The molecule has 4 rings (SSSR count). The zero-order valence-electron chi connectivity index (χ0n) is 16.9. The highest BCUT2D eigenvalue weighted by molar-refractivity contribution is 6.09. The van der Waals surface area contributed by atoms with Crippen molar-refractivity contribution in [2.45, 2.75) is 26.4 Å². The van der Waals surface area contributed by atoms with Crippen LogP contribution in [0.4, 0.5) is 16.2 Å². The predicted octanol–water partition coefficient (Wildman–Crippen LogP) is 4.10. The van der Waals surface area contributed by atoms with Gasteiger partial charge in [0.2, 0.25) is 0 Å². The van der Waals surface area contributed by atoms with Crippen molar-refractivity contribution in [2.24, 2.45) is 0 Å². The van der Waals surface area contributed by atoms with Gasteiger partial charge in [-0.15, -0.1) is 0 Å². The minimum absolute atomic E-state index is 0.195. The molecule has 0 radical (unpaired) electrons. The van der Waals surface area contributed by atoms with Crippen LogP contribution in [-0.2, 0) is 4.74 Å². The number of nitrogens with one attached hydrogen (secondary N) is 1. The number of para-hydroxylation sites is 3. The smallest absolute Gasteiger partial charge is 0.410 e. The maximum atomic E-state index is 12.7. The molecule has 0 spiro atoms. The molecule has 7 heteroatoms. The van der Waals surface area contributed by atoms with E-state index in [4.69, 9.17) is 9.47 Å². The highest BCUT2D eigenvalue weighted by atomic mass is 16.6. The summed E-state index contributed by atoms with van der Waals surface area (Å²) in [6.45, 7) is 7.93. The highest BCUT2D eigenvalue weighted by Crippen LogP contribution is 2.41. The van der Waals surface area contributed by atoms with E-state index in [0.29, 0.717) is 48.9 Å². The molecule has 0 saturated carbocycles. The first-order chi connectivity index (χ1) is 13.8. The summed E-state index contributed by atoms with van der Waals surface area (Å²) in [6, 6.07) is 12.9. The molecule has 152 valence electrons. The number of anilines is 2. The number of hydrogen-bond donors (Lipinski definition) is 1. The molecule has 0 aliphatic carbocycles. The van der Waals surface area contributed by atoms with Crippen molar-refractivity contribution in [3.05, 3.63) is 48.0 Å². The van der Waals surface area contributed by atoms with Gasteiger partial charge in [0.1, 0.15) is 5.60 Å². The van der Waals surface area contributed by atoms with Crippen molar-refractivity contribution >= 4 is 23.4 Å². The fourth-order valence-corrected chi connectivity index (χ4v) is 3.47. The third-order valence-corrected chi connectivity index (χ3v) is 4.86. The topological polar surface area (TPSA) is 71.1 Å². The molecule has 1 N–H and O–H groups in total. The van der Waals surface area contributed by atoms with Gasteiger partial charge < -0.3 is 24.6 Å². The van der Waals surface area contributed by atoms with E-state index < -0.39 is 5.60 Å². The van der Waals surface area contributed by atoms with Gasteiger partial charge in [-0.25, -0.2) is 4.79 Å². The Balaban J connectivity index is 1.56. The first-order valence-electron chi connectivity index (χ1n) is 9.76. The summed E-state index contributed by atoms with van der Waals surface area (Å²) < 4.78 is 11.6. The van der Waals surface area contributed by atoms with Gasteiger partial charge in [-0.3, -0.25) is 4.79 Å². The van der Waals surface area contributed by atoms with Crippen LogP contribution in [0, 0.1) is 0 Å². The van der Waals surface area contributed by atoms with Crippen LogP contribution in [0.3, 0.4) is 0 Å². The Labute approximate surface area is 170 Å². The lowest BCUT2D eigenvalue weighted by molar-refractivity contribution is 0.0240. The Bertz CT molecular complexity index is 943. The summed E-state index contributed by atoms with van der Waals surface area (Å²) in [5, 5.41) is 2.90. The summed E-state index contributed by atoms with van der Waals surface area (Å²) >= 11 is 0. The Hall–Kier alpha value is -3.22. The lowest BCUT2D eigenvalue weighted by Gasteiger charge is -2.37. The maximum Gasteiger partial charge on any atom is 0.410 e. The Morgan fingerprint density at radius 2 is 1.76 bits per heavy atom. The lowest BCUT2D eigenvalue weighted by atomic mass is 10.1. The van der Waals surface area contributed by atoms with E-state index in [1.165, 1.54) is 0 Å². The largest absolute Gasteiger partial charge is 0.452 e. The van der Waals surface area contributed by atoms with Crippen molar-refractivity contribution in [1.82, 2.24) is 4.90 Å². The van der Waals surface area contributed by atoms with Gasteiger partial charge in [-0.05, 0) is 45.0 Å². The van der Waals surface area contributed by atoms with Crippen molar-refractivity contribution in [3.8, 4) is 11.5 Å². The number of carbonyl (C=O) groups excluding carboxylic acids is 2. The van der Waals surface area contributed by atoms with Crippen molar-refractivity contribution < 1.29 is 19.1 Å². The van der Waals surface area contributed by atoms with E-state index >= 15 is 0 Å². The maximum absolute atomic E-state index is 12.7. The summed E-state index contributed by atoms with van der Waals surface area (Å²) in [5.74, 6) is 0.958. The number of amides is 2. The molecule has 2 aromatic carbocycles. The van der Waals surface area contributed by atoms with Crippen LogP contribution in [0.2, 0.25) is 0 Å². The van der Waals surface area contributed by atoms with Crippen molar-refractivity contribution in [3.63, 3.8) is 0 Å². The molecule has 2 heterocycles. The highest BCUT2D eigenvalue weighted by Gasteiger charge is 2.29. The molecule has 29 heavy (non-hydrogen) atoms. The molecule has 0 bridgehead atoms. The quantitative estimate of drug-likeness (QED) is 0.787. The zero-order chi connectivity index (χ0) is 20.6. The minimum Gasteiger partial charge on any atom is -0.452 e. The van der Waals surface area contributed by atoms with Gasteiger partial charge in [0, 0.05) is 26.2 Å². The fourth-order valence-electron chi connectivity index (χ4n) is 3.47. The summed E-state index contributed by atoms with van der Waals surface area (Å²) in [7, 11) is 0. The number of benzene rings is 2. The summed E-state index contributed by atoms with van der Waals surface area (Å²) in [5.41, 5.74) is 1.47. The average molecular weight is 395 g/mol. The van der Waals surface area contributed by atoms with Gasteiger partial charge in [-0.2, -0.15) is 0 Å². The fraction of sp³-hybridized carbons (Fsp3) is 0.364. The molecular weight excluding hydrogens is 370 g/mol. The third kappa shape index (κ3) is 3.99. The van der Waals surface area contributed by atoms with Gasteiger partial charge >= 0.3 is 6.09 Å². The molecule has 2 aliphatic heterocycles. The monoisotopic (exact) mass is 395 g/mol. The van der Waals surface area contributed by atoms with E-state index in [1.807, 2.05) is 57.2 Å². The van der Waals surface area contributed by atoms with Crippen LogP contribution < -0.4 is 15.0 Å². The molecule has 1 fully saturated rings. The van der Waals surface area contributed by atoms with Gasteiger partial charge in [0.25, 0.3) is 5.91 Å². The van der Waals surface area contributed by atoms with Gasteiger partial charge in [-0.1, -0.05) is 18.2 Å². The number of carbonyl (C=O) groups is 2. The second kappa shape index (κ2) is 7.31. The van der Waals surface area contributed by atoms with E-state index in [2.05, 4.69) is 10.2 Å². The minimum atomic E-state index is -0.514. The second-order valence-corrected chi connectivity index (χ2v) is 8.16. The molecule has 0 unspecified atom stereocenters. The van der Waals surface area contributed by atoms with E-state index in [-0.39, 0.29) is 12.0 Å². The lowest BCUT2D eigenvalue weighted by Crippen LogP contribution is -2.50. The van der Waals surface area contributed by atoms with E-state index in [1.54, 1.807) is 11.0 Å². The number of fused-ring (bicyclic) bond motifs is 2. The molecule has 2 aliphatic rings. The Morgan fingerprint density at radius 1 is 1.03 bits per heavy atom. The van der Waals surface area contributed by atoms with E-state index in [0.717, 1.165) is 5.69 Å². The van der Waals surface area contributed by atoms with E-state index in [9.17, 15) is 9.59 Å². The SMILES string of the molecule is CC(C)(C)OC(=O)N1CCN(c2cccc3c2Oc2ccccc2NC3=O)CC1. The van der Waals surface area contributed by atoms with Crippen LogP contribution in [0.1, 0.15) is 31.1 Å². The number of ether oxygens (including phenoxy) is 2. The van der Waals surface area contributed by atoms with Gasteiger partial charge in [0.05, 0.1) is 16.9 Å². The average Bonchev–Trinajstić information content (AvgIpc) is 2.82. The number of nitrogens with zero attached hydrogens (tertiary/aromatic N) is 2. The molecule has 0 aromatic heterocycles. The standard InChI is InChI=1S/C22H25N3O4/c1-22(2,3)29-21(27)25-13-11-24(12-14-25)17-9-6-7-15-19(17)28-18-10-5-4-8-16(18)23-20(15)26/h4-10H,11-14H2,1-3H3,(H,23,26). The molecule has 0 atom stereocenters. The van der Waals surface area contributed by atoms with Crippen LogP contribution in [0.5, 0.6) is 11.5 Å². The van der Waals surface area contributed by atoms with Crippen molar-refractivity contribution in [2.75, 3.05) is 36.4 Å². The molecule has 2 aromatic rings. The molecule has 7 nitrogen and oxygen atoms in total. The molecular formula is C22H25N3O4. The normalized spacial score (nSPS) is 16.2. The first-order valence-corrected chi connectivity index (χ1v) is 9.76. The van der Waals surface area contributed by atoms with Crippen LogP contribution in [0.15, 0.2) is 42.5 Å². The number of hydrogen-bond acceptors (Lipinski definition) is 5. The van der Waals surface area contributed by atoms with Crippen LogP contribution >= 0.6 is 0 Å². The van der Waals surface area contributed by atoms with Crippen LogP contribution in [-0.4, -0.2) is 48.7 Å². The zero-order valence-corrected chi connectivity index (χ0v) is 16.9. The molecule has 1 saturated heterocycles. The third-order valence-electron chi connectivity index (χ3n) is 4.86. The first kappa shape index (κ1) is 19.1. The van der Waals surface area contributed by atoms with Crippen LogP contribution in [0.25, 0.3) is 0 Å². The van der Waals surface area contributed by atoms with Crippen molar-refractivity contribution in [1.29, 1.82) is 0 Å². The number of rotatable bonds is 1.